The van der Waals surface area contributed by atoms with E-state index >= 15 is 0 Å². The van der Waals surface area contributed by atoms with E-state index in [1.165, 1.54) is 0 Å². The first-order valence-electron chi connectivity index (χ1n) is 9.20. The minimum absolute atomic E-state index is 0.101. The Hall–Kier alpha value is -2.24. The normalized spacial score (nSPS) is 24.4. The van der Waals surface area contributed by atoms with Crippen molar-refractivity contribution < 1.29 is 28.5 Å². The number of esters is 2. The zero-order valence-electron chi connectivity index (χ0n) is 15.5. The standard InChI is InChI=1S/C20H26O6/c1-12(2)15-6-4-13(3)8-17(15)26-19(21)10-23-20(22)14-5-7-16-18(9-14)25-11-24-16/h5,7,9,12-13,15,17H,4,6,8,10-11H2,1-3H3/t13-,15+,17+/m0/s1. The Morgan fingerprint density at radius 2 is 1.96 bits per heavy atom. The highest BCUT2D eigenvalue weighted by Crippen LogP contribution is 2.35. The van der Waals surface area contributed by atoms with Crippen LogP contribution in [0.2, 0.25) is 0 Å². The first kappa shape index (κ1) is 18.5. The van der Waals surface area contributed by atoms with E-state index in [0.717, 1.165) is 19.3 Å². The summed E-state index contributed by atoms with van der Waals surface area (Å²) in [5.41, 5.74) is 0.313. The molecule has 0 saturated heterocycles. The zero-order valence-corrected chi connectivity index (χ0v) is 15.5. The SMILES string of the molecule is CC(C)[C@H]1CC[C@H](C)C[C@H]1OC(=O)COC(=O)c1ccc2c(c1)OCO2. The second-order valence-electron chi connectivity index (χ2n) is 7.50. The van der Waals surface area contributed by atoms with Gasteiger partial charge in [0.25, 0.3) is 0 Å². The molecule has 6 heteroatoms. The van der Waals surface area contributed by atoms with Crippen LogP contribution in [0.4, 0.5) is 0 Å². The van der Waals surface area contributed by atoms with Gasteiger partial charge in [0.05, 0.1) is 5.56 Å². The van der Waals surface area contributed by atoms with E-state index in [0.29, 0.717) is 34.8 Å². The predicted molar refractivity (Wildman–Crippen MR) is 94.1 cm³/mol. The van der Waals surface area contributed by atoms with Crippen molar-refractivity contribution in [2.45, 2.75) is 46.1 Å². The van der Waals surface area contributed by atoms with Gasteiger partial charge in [0.15, 0.2) is 18.1 Å². The van der Waals surface area contributed by atoms with Crippen LogP contribution in [-0.4, -0.2) is 31.4 Å². The molecule has 142 valence electrons. The molecule has 26 heavy (non-hydrogen) atoms. The summed E-state index contributed by atoms with van der Waals surface area (Å²) in [6.07, 6.45) is 2.99. The lowest BCUT2D eigenvalue weighted by Crippen LogP contribution is -2.36. The lowest BCUT2D eigenvalue weighted by Gasteiger charge is -2.36. The van der Waals surface area contributed by atoms with Crippen molar-refractivity contribution >= 4 is 11.9 Å². The van der Waals surface area contributed by atoms with Crippen LogP contribution in [0.1, 0.15) is 50.4 Å². The summed E-state index contributed by atoms with van der Waals surface area (Å²) in [5, 5.41) is 0. The van der Waals surface area contributed by atoms with Gasteiger partial charge in [0, 0.05) is 0 Å². The van der Waals surface area contributed by atoms with Crippen LogP contribution in [0.3, 0.4) is 0 Å². The Morgan fingerprint density at radius 3 is 2.73 bits per heavy atom. The first-order valence-corrected chi connectivity index (χ1v) is 9.20. The van der Waals surface area contributed by atoms with E-state index in [1.807, 2.05) is 0 Å². The molecule has 1 heterocycles. The van der Waals surface area contributed by atoms with Gasteiger partial charge in [0.2, 0.25) is 6.79 Å². The van der Waals surface area contributed by atoms with Gasteiger partial charge in [-0.2, -0.15) is 0 Å². The van der Waals surface area contributed by atoms with Gasteiger partial charge in [0.1, 0.15) is 6.10 Å². The summed E-state index contributed by atoms with van der Waals surface area (Å²) in [7, 11) is 0. The predicted octanol–water partition coefficient (Wildman–Crippen LogP) is 3.58. The maximum Gasteiger partial charge on any atom is 0.344 e. The van der Waals surface area contributed by atoms with Crippen molar-refractivity contribution in [3.63, 3.8) is 0 Å². The third kappa shape index (κ3) is 4.29. The summed E-state index contributed by atoms with van der Waals surface area (Å²) in [6, 6.07) is 4.78. The summed E-state index contributed by atoms with van der Waals surface area (Å²) in [6.45, 7) is 6.24. The number of ether oxygens (including phenoxy) is 4. The average Bonchev–Trinajstić information content (AvgIpc) is 3.07. The van der Waals surface area contributed by atoms with E-state index in [-0.39, 0.29) is 19.5 Å². The molecule has 1 saturated carbocycles. The Labute approximate surface area is 153 Å². The molecule has 0 aromatic heterocycles. The number of fused-ring (bicyclic) bond motifs is 1. The number of rotatable bonds is 5. The van der Waals surface area contributed by atoms with Crippen molar-refractivity contribution in [3.05, 3.63) is 23.8 Å². The van der Waals surface area contributed by atoms with Crippen molar-refractivity contribution in [3.8, 4) is 11.5 Å². The molecule has 1 aromatic rings. The molecule has 1 aliphatic heterocycles. The molecule has 3 atom stereocenters. The highest BCUT2D eigenvalue weighted by atomic mass is 16.7. The van der Waals surface area contributed by atoms with Gasteiger partial charge >= 0.3 is 11.9 Å². The van der Waals surface area contributed by atoms with Gasteiger partial charge in [-0.15, -0.1) is 0 Å². The summed E-state index contributed by atoms with van der Waals surface area (Å²) in [5.74, 6) is 1.36. The van der Waals surface area contributed by atoms with E-state index in [1.54, 1.807) is 18.2 Å². The quantitative estimate of drug-likeness (QED) is 0.746. The molecular weight excluding hydrogens is 336 g/mol. The molecule has 6 nitrogen and oxygen atoms in total. The highest BCUT2D eigenvalue weighted by Gasteiger charge is 2.33. The van der Waals surface area contributed by atoms with Gasteiger partial charge in [-0.05, 0) is 48.8 Å². The number of hydrogen-bond donors (Lipinski definition) is 0. The molecule has 1 aliphatic carbocycles. The van der Waals surface area contributed by atoms with E-state index in [4.69, 9.17) is 18.9 Å². The van der Waals surface area contributed by atoms with Gasteiger partial charge in [-0.25, -0.2) is 9.59 Å². The van der Waals surface area contributed by atoms with E-state index in [2.05, 4.69) is 20.8 Å². The molecule has 0 bridgehead atoms. The third-order valence-electron chi connectivity index (χ3n) is 5.17. The fourth-order valence-electron chi connectivity index (χ4n) is 3.68. The molecule has 0 amide bonds. The Balaban J connectivity index is 1.52. The monoisotopic (exact) mass is 362 g/mol. The third-order valence-corrected chi connectivity index (χ3v) is 5.17. The van der Waals surface area contributed by atoms with Crippen LogP contribution in [0, 0.1) is 17.8 Å². The maximum atomic E-state index is 12.2. The van der Waals surface area contributed by atoms with Gasteiger partial charge < -0.3 is 18.9 Å². The minimum atomic E-state index is -0.585. The Kier molecular flexibility index (Phi) is 5.69. The lowest BCUT2D eigenvalue weighted by molar-refractivity contribution is -0.159. The molecule has 1 aromatic carbocycles. The van der Waals surface area contributed by atoms with Gasteiger partial charge in [-0.1, -0.05) is 27.2 Å². The van der Waals surface area contributed by atoms with Crippen LogP contribution >= 0.6 is 0 Å². The topological polar surface area (TPSA) is 71.1 Å². The molecule has 0 radical (unpaired) electrons. The molecule has 1 fully saturated rings. The Morgan fingerprint density at radius 1 is 1.19 bits per heavy atom. The number of carbonyl (C=O) groups is 2. The molecule has 0 unspecified atom stereocenters. The van der Waals surface area contributed by atoms with Crippen LogP contribution in [0.5, 0.6) is 11.5 Å². The molecular formula is C20H26O6. The zero-order chi connectivity index (χ0) is 18.7. The smallest absolute Gasteiger partial charge is 0.344 e. The summed E-state index contributed by atoms with van der Waals surface area (Å²) >= 11 is 0. The number of carbonyl (C=O) groups excluding carboxylic acids is 2. The fourth-order valence-corrected chi connectivity index (χ4v) is 3.68. The molecule has 2 aliphatic rings. The molecule has 0 spiro atoms. The first-order chi connectivity index (χ1) is 12.4. The fraction of sp³-hybridized carbons (Fsp3) is 0.600. The van der Waals surface area contributed by atoms with E-state index < -0.39 is 11.9 Å². The van der Waals surface area contributed by atoms with Crippen molar-refractivity contribution in [2.24, 2.45) is 17.8 Å². The average molecular weight is 362 g/mol. The van der Waals surface area contributed by atoms with Crippen LogP contribution in [0.25, 0.3) is 0 Å². The van der Waals surface area contributed by atoms with Crippen LogP contribution in [0.15, 0.2) is 18.2 Å². The number of hydrogen-bond acceptors (Lipinski definition) is 6. The van der Waals surface area contributed by atoms with Gasteiger partial charge in [-0.3, -0.25) is 0 Å². The highest BCUT2D eigenvalue weighted by molar-refractivity contribution is 5.91. The second-order valence-corrected chi connectivity index (χ2v) is 7.50. The summed E-state index contributed by atoms with van der Waals surface area (Å²) in [4.78, 5) is 24.3. The van der Waals surface area contributed by atoms with E-state index in [9.17, 15) is 9.59 Å². The minimum Gasteiger partial charge on any atom is -0.460 e. The molecule has 0 N–H and O–H groups in total. The lowest BCUT2D eigenvalue weighted by atomic mass is 9.75. The van der Waals surface area contributed by atoms with Crippen LogP contribution < -0.4 is 9.47 Å². The largest absolute Gasteiger partial charge is 0.460 e. The summed E-state index contributed by atoms with van der Waals surface area (Å²) < 4.78 is 21.2. The van der Waals surface area contributed by atoms with Crippen molar-refractivity contribution in [1.82, 2.24) is 0 Å². The maximum absolute atomic E-state index is 12.2. The second kappa shape index (κ2) is 7.98. The Bertz CT molecular complexity index is 668. The molecule has 3 rings (SSSR count). The number of benzene rings is 1. The van der Waals surface area contributed by atoms with Crippen molar-refractivity contribution in [1.29, 1.82) is 0 Å². The van der Waals surface area contributed by atoms with Crippen molar-refractivity contribution in [2.75, 3.05) is 13.4 Å². The van der Waals surface area contributed by atoms with Crippen LogP contribution in [-0.2, 0) is 14.3 Å².